The van der Waals surface area contributed by atoms with Gasteiger partial charge in [-0.25, -0.2) is 9.97 Å². The van der Waals surface area contributed by atoms with Crippen LogP contribution in [0.15, 0.2) is 27.8 Å². The van der Waals surface area contributed by atoms with Gasteiger partial charge < -0.3 is 5.32 Å². The zero-order valence-electron chi connectivity index (χ0n) is 9.02. The Morgan fingerprint density at radius 2 is 2.11 bits per heavy atom. The van der Waals surface area contributed by atoms with Crippen molar-refractivity contribution in [2.75, 3.05) is 12.4 Å². The normalized spacial score (nSPS) is 11.6. The lowest BCUT2D eigenvalue weighted by atomic mass is 10.2. The Bertz CT molecular complexity index is 527. The number of halogens is 3. The Kier molecular flexibility index (Phi) is 3.71. The Balaban J connectivity index is 2.35. The maximum Gasteiger partial charge on any atom is 0.416 e. The molecule has 0 saturated carbocycles. The van der Waals surface area contributed by atoms with Crippen LogP contribution in [0.25, 0.3) is 0 Å². The van der Waals surface area contributed by atoms with Gasteiger partial charge in [0.25, 0.3) is 0 Å². The van der Waals surface area contributed by atoms with Crippen LogP contribution in [-0.2, 0) is 6.18 Å². The monoisotopic (exact) mass is 292 g/mol. The Morgan fingerprint density at radius 1 is 1.33 bits per heavy atom. The lowest BCUT2D eigenvalue weighted by Gasteiger charge is -2.10. The van der Waals surface area contributed by atoms with E-state index in [1.54, 1.807) is 0 Å². The predicted molar refractivity (Wildman–Crippen MR) is 62.8 cm³/mol. The fourth-order valence-electron chi connectivity index (χ4n) is 1.15. The largest absolute Gasteiger partial charge is 0.416 e. The molecule has 0 saturated heterocycles. The number of pyridine rings is 1. The van der Waals surface area contributed by atoms with Crippen molar-refractivity contribution < 1.29 is 13.2 Å². The topological polar surface area (TPSA) is 50.7 Å². The summed E-state index contributed by atoms with van der Waals surface area (Å²) in [7, 11) is 1.52. The van der Waals surface area contributed by atoms with E-state index in [1.807, 2.05) is 0 Å². The highest BCUT2D eigenvalue weighted by molar-refractivity contribution is 8.00. The number of nitrogens with one attached hydrogen (secondary N) is 1. The van der Waals surface area contributed by atoms with E-state index in [0.29, 0.717) is 4.34 Å². The number of anilines is 1. The fourth-order valence-corrected chi connectivity index (χ4v) is 2.57. The van der Waals surface area contributed by atoms with Crippen LogP contribution in [0.2, 0.25) is 0 Å². The minimum atomic E-state index is -4.40. The van der Waals surface area contributed by atoms with E-state index < -0.39 is 11.7 Å². The molecular formula is C9H7F3N4S2. The lowest BCUT2D eigenvalue weighted by Crippen LogP contribution is -2.07. The van der Waals surface area contributed by atoms with Crippen molar-refractivity contribution in [1.82, 2.24) is 14.3 Å². The third kappa shape index (κ3) is 3.10. The van der Waals surface area contributed by atoms with Crippen LogP contribution in [0, 0.1) is 0 Å². The van der Waals surface area contributed by atoms with Crippen molar-refractivity contribution in [3.8, 4) is 0 Å². The van der Waals surface area contributed by atoms with Crippen molar-refractivity contribution in [2.24, 2.45) is 0 Å². The van der Waals surface area contributed by atoms with Crippen molar-refractivity contribution in [1.29, 1.82) is 0 Å². The first-order valence-electron chi connectivity index (χ1n) is 4.70. The van der Waals surface area contributed by atoms with Gasteiger partial charge in [0.2, 0.25) is 0 Å². The highest BCUT2D eigenvalue weighted by Crippen LogP contribution is 2.35. The molecule has 0 spiro atoms. The molecule has 0 aliphatic carbocycles. The first kappa shape index (κ1) is 13.1. The third-order valence-electron chi connectivity index (χ3n) is 1.92. The summed E-state index contributed by atoms with van der Waals surface area (Å²) in [6.45, 7) is 0. The molecule has 0 fully saturated rings. The van der Waals surface area contributed by atoms with Crippen LogP contribution in [0.3, 0.4) is 0 Å². The Morgan fingerprint density at radius 3 is 2.67 bits per heavy atom. The molecular weight excluding hydrogens is 285 g/mol. The van der Waals surface area contributed by atoms with Gasteiger partial charge in [-0.15, -0.1) is 0 Å². The average molecular weight is 292 g/mol. The molecule has 4 nitrogen and oxygen atoms in total. The molecule has 0 aliphatic heterocycles. The first-order chi connectivity index (χ1) is 8.49. The number of rotatable bonds is 3. The fraction of sp³-hybridized carbons (Fsp3) is 0.222. The van der Waals surface area contributed by atoms with E-state index in [4.69, 9.17) is 0 Å². The van der Waals surface area contributed by atoms with Crippen molar-refractivity contribution in [2.45, 2.75) is 15.5 Å². The summed E-state index contributed by atoms with van der Waals surface area (Å²) >= 11 is 2.15. The Hall–Kier alpha value is -1.35. The van der Waals surface area contributed by atoms with E-state index in [1.165, 1.54) is 13.4 Å². The van der Waals surface area contributed by atoms with Gasteiger partial charge in [-0.2, -0.15) is 17.5 Å². The summed E-state index contributed by atoms with van der Waals surface area (Å²) in [6.07, 6.45) is -3.05. The molecule has 0 bridgehead atoms. The second-order valence-corrected chi connectivity index (χ2v) is 5.18. The Labute approximate surface area is 109 Å². The zero-order valence-corrected chi connectivity index (χ0v) is 10.7. The van der Waals surface area contributed by atoms with Gasteiger partial charge in [0.1, 0.15) is 17.2 Å². The second-order valence-electron chi connectivity index (χ2n) is 3.14. The number of alkyl halides is 3. The summed E-state index contributed by atoms with van der Waals surface area (Å²) in [5.74, 6) is 0.164. The maximum absolute atomic E-state index is 12.7. The zero-order chi connectivity index (χ0) is 13.2. The van der Waals surface area contributed by atoms with Crippen LogP contribution in [0.1, 0.15) is 5.56 Å². The minimum Gasteiger partial charge on any atom is -0.373 e. The third-order valence-corrected chi connectivity index (χ3v) is 3.55. The predicted octanol–water partition coefficient (Wildman–Crippen LogP) is 3.14. The number of hydrogen-bond donors (Lipinski definition) is 1. The molecule has 1 N–H and O–H groups in total. The van der Waals surface area contributed by atoms with Gasteiger partial charge in [0, 0.05) is 7.05 Å². The van der Waals surface area contributed by atoms with Gasteiger partial charge in [-0.3, -0.25) is 0 Å². The van der Waals surface area contributed by atoms with Crippen LogP contribution in [0.4, 0.5) is 19.0 Å². The van der Waals surface area contributed by atoms with E-state index in [0.717, 1.165) is 35.4 Å². The molecule has 2 aromatic heterocycles. The van der Waals surface area contributed by atoms with Crippen LogP contribution < -0.4 is 5.32 Å². The summed E-state index contributed by atoms with van der Waals surface area (Å²) in [4.78, 5) is 7.92. The molecule has 0 aliphatic rings. The van der Waals surface area contributed by atoms with Gasteiger partial charge in [0.05, 0.1) is 5.56 Å². The number of nitrogens with zero attached hydrogens (tertiary/aromatic N) is 3. The van der Waals surface area contributed by atoms with Crippen molar-refractivity contribution in [3.05, 3.63) is 24.0 Å². The van der Waals surface area contributed by atoms with Crippen molar-refractivity contribution >= 4 is 29.1 Å². The van der Waals surface area contributed by atoms with Gasteiger partial charge in [-0.05, 0) is 35.4 Å². The summed E-state index contributed by atoms with van der Waals surface area (Å²) in [5, 5.41) is 2.83. The van der Waals surface area contributed by atoms with Gasteiger partial charge in [0.15, 0.2) is 4.34 Å². The molecule has 9 heteroatoms. The number of aromatic nitrogens is 3. The van der Waals surface area contributed by atoms with E-state index in [9.17, 15) is 13.2 Å². The molecule has 96 valence electrons. The van der Waals surface area contributed by atoms with Gasteiger partial charge in [-0.1, -0.05) is 0 Å². The van der Waals surface area contributed by atoms with Gasteiger partial charge >= 0.3 is 6.18 Å². The summed E-state index contributed by atoms with van der Waals surface area (Å²) in [5.41, 5.74) is -0.742. The first-order valence-corrected chi connectivity index (χ1v) is 6.29. The van der Waals surface area contributed by atoms with Crippen LogP contribution >= 0.6 is 23.3 Å². The van der Waals surface area contributed by atoms with E-state index >= 15 is 0 Å². The maximum atomic E-state index is 12.7. The summed E-state index contributed by atoms with van der Waals surface area (Å²) < 4.78 is 42.3. The molecule has 0 unspecified atom stereocenters. The molecule has 0 radical (unpaired) electrons. The highest BCUT2D eigenvalue weighted by atomic mass is 32.2. The standard InChI is InChI=1S/C9H7F3N4S2/c1-13-6-2-5(9(10,11)12)3-7(16-6)17-8-14-4-15-18-8/h2-4H,1H3,(H,13,16). The lowest BCUT2D eigenvalue weighted by molar-refractivity contribution is -0.137. The molecule has 18 heavy (non-hydrogen) atoms. The number of hydrogen-bond acceptors (Lipinski definition) is 6. The van der Waals surface area contributed by atoms with Crippen molar-refractivity contribution in [3.63, 3.8) is 0 Å². The smallest absolute Gasteiger partial charge is 0.373 e. The molecule has 2 rings (SSSR count). The molecule has 2 heterocycles. The quantitative estimate of drug-likeness (QED) is 0.941. The SMILES string of the molecule is CNc1cc(C(F)(F)F)cc(Sc2ncns2)n1. The molecule has 0 aromatic carbocycles. The van der Waals surface area contributed by atoms with Crippen LogP contribution in [0.5, 0.6) is 0 Å². The van der Waals surface area contributed by atoms with E-state index in [2.05, 4.69) is 19.7 Å². The molecule has 0 atom stereocenters. The van der Waals surface area contributed by atoms with E-state index in [-0.39, 0.29) is 10.8 Å². The second kappa shape index (κ2) is 5.11. The summed E-state index contributed by atoms with van der Waals surface area (Å²) in [6, 6.07) is 1.96. The highest BCUT2D eigenvalue weighted by Gasteiger charge is 2.31. The molecule has 2 aromatic rings. The van der Waals surface area contributed by atoms with Crippen LogP contribution in [-0.4, -0.2) is 21.4 Å². The molecule has 0 amide bonds. The minimum absolute atomic E-state index is 0.164. The average Bonchev–Trinajstić information content (AvgIpc) is 2.80.